The number of nitrogens with zero attached hydrogens (tertiary/aromatic N) is 2. The molecule has 3 aromatic rings. The summed E-state index contributed by atoms with van der Waals surface area (Å²) in [7, 11) is 1.56. The number of rotatable bonds is 6. The Bertz CT molecular complexity index is 878. The maximum absolute atomic E-state index is 12.5. The molecule has 0 bridgehead atoms. The van der Waals surface area contributed by atoms with Gasteiger partial charge >= 0.3 is 0 Å². The van der Waals surface area contributed by atoms with Crippen molar-refractivity contribution >= 4 is 79.4 Å². The molecule has 0 aliphatic carbocycles. The number of carbonyl (C=O) groups excluding carboxylic acids is 1. The van der Waals surface area contributed by atoms with Crippen LogP contribution in [0.1, 0.15) is 23.5 Å². The van der Waals surface area contributed by atoms with Crippen LogP contribution in [0.3, 0.4) is 0 Å². The third kappa shape index (κ3) is 4.95. The zero-order valence-electron chi connectivity index (χ0n) is 15.1. The summed E-state index contributed by atoms with van der Waals surface area (Å²) in [6.45, 7) is 6.06. The normalized spacial score (nSPS) is 10.0. The number of amides is 1. The standard InChI is InChI=1S/C17H20N4O2S2.2ClH/c1-4-21(5-2)17-20-16-14(25-17)9-13(24-16)15(22)19-10-6-7-12(23-3)11(18)8-10;;/h6-9H,4-5,18H2,1-3H3,(H,19,22);2*1H. The number of nitrogen functional groups attached to an aromatic ring is 1. The summed E-state index contributed by atoms with van der Waals surface area (Å²) >= 11 is 3.02. The first-order valence-electron chi connectivity index (χ1n) is 7.95. The number of methoxy groups -OCH3 is 1. The van der Waals surface area contributed by atoms with Crippen LogP contribution >= 0.6 is 47.5 Å². The van der Waals surface area contributed by atoms with Crippen molar-refractivity contribution in [3.8, 4) is 5.75 Å². The fourth-order valence-electron chi connectivity index (χ4n) is 2.47. The average molecular weight is 449 g/mol. The first-order valence-corrected chi connectivity index (χ1v) is 9.59. The number of halogens is 2. The molecule has 1 amide bonds. The molecule has 0 aliphatic rings. The van der Waals surface area contributed by atoms with Crippen molar-refractivity contribution in [1.82, 2.24) is 4.98 Å². The fraction of sp³-hybridized carbons (Fsp3) is 0.294. The van der Waals surface area contributed by atoms with Gasteiger partial charge in [-0.25, -0.2) is 4.98 Å². The van der Waals surface area contributed by atoms with Gasteiger partial charge in [0.2, 0.25) is 0 Å². The summed E-state index contributed by atoms with van der Waals surface area (Å²) in [4.78, 5) is 20.9. The van der Waals surface area contributed by atoms with Crippen LogP contribution in [0, 0.1) is 0 Å². The van der Waals surface area contributed by atoms with Crippen molar-refractivity contribution in [3.05, 3.63) is 29.1 Å². The SMILES string of the molecule is CCN(CC)c1nc2sc(C(=O)Nc3ccc(OC)c(N)c3)cc2s1.Cl.Cl. The van der Waals surface area contributed by atoms with Crippen molar-refractivity contribution < 1.29 is 9.53 Å². The second-order valence-electron chi connectivity index (χ2n) is 5.36. The number of nitrogens with two attached hydrogens (primary N) is 1. The lowest BCUT2D eigenvalue weighted by Crippen LogP contribution is -2.21. The van der Waals surface area contributed by atoms with Crippen LogP contribution in [0.15, 0.2) is 24.3 Å². The molecule has 27 heavy (non-hydrogen) atoms. The number of fused-ring (bicyclic) bond motifs is 1. The minimum absolute atomic E-state index is 0. The van der Waals surface area contributed by atoms with Gasteiger partial charge < -0.3 is 20.7 Å². The fourth-order valence-corrected chi connectivity index (χ4v) is 4.70. The van der Waals surface area contributed by atoms with Crippen LogP contribution in [0.25, 0.3) is 9.53 Å². The molecule has 0 saturated heterocycles. The topological polar surface area (TPSA) is 80.5 Å². The molecule has 0 spiro atoms. The second kappa shape index (κ2) is 9.98. The van der Waals surface area contributed by atoms with Crippen LogP contribution in [-0.2, 0) is 0 Å². The van der Waals surface area contributed by atoms with E-state index >= 15 is 0 Å². The highest BCUT2D eigenvalue weighted by Crippen LogP contribution is 2.35. The lowest BCUT2D eigenvalue weighted by molar-refractivity contribution is 0.103. The largest absolute Gasteiger partial charge is 0.495 e. The molecular formula is C17H22Cl2N4O2S2. The van der Waals surface area contributed by atoms with Crippen LogP contribution in [0.5, 0.6) is 5.75 Å². The molecule has 0 atom stereocenters. The second-order valence-corrected chi connectivity index (χ2v) is 7.40. The van der Waals surface area contributed by atoms with Crippen LogP contribution in [0.4, 0.5) is 16.5 Å². The van der Waals surface area contributed by atoms with Gasteiger partial charge in [0.1, 0.15) is 10.6 Å². The van der Waals surface area contributed by atoms with Crippen LogP contribution in [0.2, 0.25) is 0 Å². The highest BCUT2D eigenvalue weighted by atomic mass is 35.5. The molecule has 0 aliphatic heterocycles. The van der Waals surface area contributed by atoms with E-state index < -0.39 is 0 Å². The number of hydrogen-bond acceptors (Lipinski definition) is 7. The van der Waals surface area contributed by atoms with Crippen LogP contribution in [-0.4, -0.2) is 31.1 Å². The average Bonchev–Trinajstić information content (AvgIpc) is 3.15. The number of thiazole rings is 1. The maximum Gasteiger partial charge on any atom is 0.265 e. The highest BCUT2D eigenvalue weighted by Gasteiger charge is 2.16. The number of nitrogens with one attached hydrogen (secondary N) is 1. The Kier molecular flexibility index (Phi) is 8.61. The zero-order valence-corrected chi connectivity index (χ0v) is 18.4. The van der Waals surface area contributed by atoms with Gasteiger partial charge in [-0.3, -0.25) is 4.79 Å². The van der Waals surface area contributed by atoms with Crippen LogP contribution < -0.4 is 20.7 Å². The van der Waals surface area contributed by atoms with Gasteiger partial charge in [-0.05, 0) is 38.1 Å². The van der Waals surface area contributed by atoms with E-state index in [1.165, 1.54) is 11.3 Å². The van der Waals surface area contributed by atoms with Gasteiger partial charge in [0.15, 0.2) is 5.13 Å². The van der Waals surface area contributed by atoms with Gasteiger partial charge in [-0.1, -0.05) is 11.3 Å². The van der Waals surface area contributed by atoms with E-state index in [0.717, 1.165) is 27.8 Å². The molecule has 6 nitrogen and oxygen atoms in total. The number of thiophene rings is 1. The number of benzene rings is 1. The van der Waals surface area contributed by atoms with E-state index in [4.69, 9.17) is 10.5 Å². The molecule has 1 aromatic carbocycles. The monoisotopic (exact) mass is 448 g/mol. The minimum atomic E-state index is -0.163. The van der Waals surface area contributed by atoms with Gasteiger partial charge in [-0.15, -0.1) is 36.2 Å². The van der Waals surface area contributed by atoms with Gasteiger partial charge in [0.25, 0.3) is 5.91 Å². The molecule has 3 rings (SSSR count). The quantitative estimate of drug-likeness (QED) is 0.524. The summed E-state index contributed by atoms with van der Waals surface area (Å²) in [5.74, 6) is 0.423. The molecule has 10 heteroatoms. The lowest BCUT2D eigenvalue weighted by atomic mass is 10.2. The molecule has 0 saturated carbocycles. The van der Waals surface area contributed by atoms with E-state index in [9.17, 15) is 4.79 Å². The number of anilines is 3. The predicted molar refractivity (Wildman–Crippen MR) is 121 cm³/mol. The molecule has 2 aromatic heterocycles. The lowest BCUT2D eigenvalue weighted by Gasteiger charge is -2.16. The molecule has 0 fully saturated rings. The Labute approximate surface area is 178 Å². The summed E-state index contributed by atoms with van der Waals surface area (Å²) in [6.07, 6.45) is 0. The molecule has 0 radical (unpaired) electrons. The summed E-state index contributed by atoms with van der Waals surface area (Å²) in [6, 6.07) is 7.08. The smallest absolute Gasteiger partial charge is 0.265 e. The van der Waals surface area contributed by atoms with Gasteiger partial charge in [0, 0.05) is 18.8 Å². The number of hydrogen-bond donors (Lipinski definition) is 2. The zero-order chi connectivity index (χ0) is 18.0. The van der Waals surface area contributed by atoms with Gasteiger partial charge in [-0.2, -0.15) is 0 Å². The van der Waals surface area contributed by atoms with E-state index in [2.05, 4.69) is 29.0 Å². The number of ether oxygens (including phenoxy) is 1. The maximum atomic E-state index is 12.5. The number of carbonyl (C=O) groups is 1. The summed E-state index contributed by atoms with van der Waals surface area (Å²) in [5, 5.41) is 3.86. The Morgan fingerprint density at radius 2 is 1.93 bits per heavy atom. The van der Waals surface area contributed by atoms with E-state index in [-0.39, 0.29) is 30.7 Å². The predicted octanol–water partition coefficient (Wildman–Crippen LogP) is 4.89. The molecule has 0 unspecified atom stereocenters. The Morgan fingerprint density at radius 3 is 2.48 bits per heavy atom. The third-order valence-corrected chi connectivity index (χ3v) is 6.04. The van der Waals surface area contributed by atoms with E-state index in [1.807, 2.05) is 6.07 Å². The van der Waals surface area contributed by atoms with Crippen molar-refractivity contribution in [2.24, 2.45) is 0 Å². The van der Waals surface area contributed by atoms with Crippen molar-refractivity contribution in [2.75, 3.05) is 36.1 Å². The van der Waals surface area contributed by atoms with Crippen molar-refractivity contribution in [1.29, 1.82) is 0 Å². The van der Waals surface area contributed by atoms with E-state index in [0.29, 0.717) is 22.0 Å². The van der Waals surface area contributed by atoms with Crippen molar-refractivity contribution in [2.45, 2.75) is 13.8 Å². The molecular weight excluding hydrogens is 427 g/mol. The summed E-state index contributed by atoms with van der Waals surface area (Å²) < 4.78 is 6.16. The Hall–Kier alpha value is -1.74. The summed E-state index contributed by atoms with van der Waals surface area (Å²) in [5.41, 5.74) is 7.00. The minimum Gasteiger partial charge on any atom is -0.495 e. The van der Waals surface area contributed by atoms with E-state index in [1.54, 1.807) is 36.6 Å². The highest BCUT2D eigenvalue weighted by molar-refractivity contribution is 7.29. The molecule has 3 N–H and O–H groups in total. The van der Waals surface area contributed by atoms with Gasteiger partial charge in [0.05, 0.1) is 22.4 Å². The third-order valence-electron chi connectivity index (χ3n) is 3.82. The number of aromatic nitrogens is 1. The molecule has 148 valence electrons. The first-order chi connectivity index (χ1) is 12.0. The Balaban J connectivity index is 0.00000182. The Morgan fingerprint density at radius 1 is 1.22 bits per heavy atom. The first kappa shape index (κ1) is 23.3. The molecule has 2 heterocycles. The van der Waals surface area contributed by atoms with Crippen molar-refractivity contribution in [3.63, 3.8) is 0 Å².